The molecule has 2 aromatic rings. The molecule has 0 aliphatic heterocycles. The summed E-state index contributed by atoms with van der Waals surface area (Å²) in [5.41, 5.74) is 0. The molecule has 0 aliphatic rings. The summed E-state index contributed by atoms with van der Waals surface area (Å²) >= 11 is 13.7. The Morgan fingerprint density at radius 2 is 2.21 bits per heavy atom. The average molecular weight is 247 g/mol. The number of hydrogen-bond donors (Lipinski definition) is 0. The molecule has 0 amide bonds. The third-order valence-electron chi connectivity index (χ3n) is 1.90. The van der Waals surface area contributed by atoms with Gasteiger partial charge in [-0.25, -0.2) is 0 Å². The van der Waals surface area contributed by atoms with Crippen LogP contribution in [0.4, 0.5) is 0 Å². The highest BCUT2D eigenvalue weighted by molar-refractivity contribution is 7.17. The maximum atomic E-state index is 6.06. The minimum atomic E-state index is 0.499. The summed E-state index contributed by atoms with van der Waals surface area (Å²) in [7, 11) is 0. The summed E-state index contributed by atoms with van der Waals surface area (Å²) in [6, 6.07) is 3.86. The number of hydrogen-bond acceptors (Lipinski definition) is 2. The SMILES string of the molecule is CCOc1c(Cl)c(Cl)cc2sccc12. The second-order valence-electron chi connectivity index (χ2n) is 2.77. The van der Waals surface area contributed by atoms with Gasteiger partial charge in [-0.15, -0.1) is 11.3 Å². The van der Waals surface area contributed by atoms with E-state index in [2.05, 4.69) is 0 Å². The van der Waals surface area contributed by atoms with Gasteiger partial charge in [-0.2, -0.15) is 0 Å². The van der Waals surface area contributed by atoms with Gasteiger partial charge in [0.15, 0.2) is 0 Å². The van der Waals surface area contributed by atoms with Crippen LogP contribution < -0.4 is 4.74 Å². The van der Waals surface area contributed by atoms with Crippen molar-refractivity contribution in [2.45, 2.75) is 6.92 Å². The normalized spacial score (nSPS) is 10.8. The first-order valence-corrected chi connectivity index (χ1v) is 5.85. The van der Waals surface area contributed by atoms with Crippen LogP contribution in [0.2, 0.25) is 10.0 Å². The largest absolute Gasteiger partial charge is 0.492 e. The molecule has 4 heteroatoms. The Hall–Kier alpha value is -0.440. The Balaban J connectivity index is 2.73. The van der Waals surface area contributed by atoms with Crippen LogP contribution >= 0.6 is 34.5 Å². The second kappa shape index (κ2) is 3.97. The predicted molar refractivity (Wildman–Crippen MR) is 63.0 cm³/mol. The molecule has 0 saturated heterocycles. The monoisotopic (exact) mass is 246 g/mol. The molecule has 1 heterocycles. The summed E-state index contributed by atoms with van der Waals surface area (Å²) in [5.74, 6) is 0.693. The highest BCUT2D eigenvalue weighted by Crippen LogP contribution is 2.41. The Morgan fingerprint density at radius 3 is 2.93 bits per heavy atom. The summed E-state index contributed by atoms with van der Waals surface area (Å²) in [6.07, 6.45) is 0. The van der Waals surface area contributed by atoms with Crippen molar-refractivity contribution in [2.75, 3.05) is 6.61 Å². The Morgan fingerprint density at radius 1 is 1.43 bits per heavy atom. The molecule has 0 spiro atoms. The van der Waals surface area contributed by atoms with E-state index in [1.807, 2.05) is 24.4 Å². The second-order valence-corrected chi connectivity index (χ2v) is 4.50. The zero-order chi connectivity index (χ0) is 10.1. The van der Waals surface area contributed by atoms with Crippen molar-refractivity contribution in [3.63, 3.8) is 0 Å². The van der Waals surface area contributed by atoms with E-state index in [0.717, 1.165) is 10.1 Å². The lowest BCUT2D eigenvalue weighted by atomic mass is 10.2. The van der Waals surface area contributed by atoms with Gasteiger partial charge in [-0.1, -0.05) is 23.2 Å². The van der Waals surface area contributed by atoms with Crippen molar-refractivity contribution < 1.29 is 4.74 Å². The number of thiophene rings is 1. The van der Waals surface area contributed by atoms with Gasteiger partial charge in [-0.05, 0) is 24.4 Å². The van der Waals surface area contributed by atoms with Crippen LogP contribution in [0, 0.1) is 0 Å². The van der Waals surface area contributed by atoms with E-state index < -0.39 is 0 Å². The van der Waals surface area contributed by atoms with Crippen molar-refractivity contribution in [1.82, 2.24) is 0 Å². The Bertz CT molecular complexity index is 464. The van der Waals surface area contributed by atoms with E-state index in [9.17, 15) is 0 Å². The Kier molecular flexibility index (Phi) is 2.86. The predicted octanol–water partition coefficient (Wildman–Crippen LogP) is 4.61. The molecular formula is C10H8Cl2OS. The van der Waals surface area contributed by atoms with Gasteiger partial charge in [-0.3, -0.25) is 0 Å². The molecule has 74 valence electrons. The average Bonchev–Trinajstić information content (AvgIpc) is 2.60. The van der Waals surface area contributed by atoms with Crippen LogP contribution in [0.15, 0.2) is 17.5 Å². The van der Waals surface area contributed by atoms with E-state index in [1.54, 1.807) is 11.3 Å². The molecule has 0 unspecified atom stereocenters. The van der Waals surface area contributed by atoms with E-state index in [-0.39, 0.29) is 0 Å². The molecule has 0 aliphatic carbocycles. The molecule has 0 fully saturated rings. The topological polar surface area (TPSA) is 9.23 Å². The molecule has 1 aromatic heterocycles. The number of rotatable bonds is 2. The molecular weight excluding hydrogens is 239 g/mol. The van der Waals surface area contributed by atoms with Gasteiger partial charge in [0.2, 0.25) is 0 Å². The first-order chi connectivity index (χ1) is 6.74. The van der Waals surface area contributed by atoms with Crippen molar-refractivity contribution >= 4 is 44.6 Å². The lowest BCUT2D eigenvalue weighted by Crippen LogP contribution is -1.92. The first kappa shape index (κ1) is 10.1. The number of benzene rings is 1. The van der Waals surface area contributed by atoms with E-state index in [4.69, 9.17) is 27.9 Å². The van der Waals surface area contributed by atoms with Gasteiger partial charge in [0.25, 0.3) is 0 Å². The van der Waals surface area contributed by atoms with E-state index in [0.29, 0.717) is 22.4 Å². The quantitative estimate of drug-likeness (QED) is 0.753. The Labute approximate surface area is 96.2 Å². The summed E-state index contributed by atoms with van der Waals surface area (Å²) < 4.78 is 6.58. The van der Waals surface area contributed by atoms with Crippen molar-refractivity contribution in [1.29, 1.82) is 0 Å². The van der Waals surface area contributed by atoms with Crippen molar-refractivity contribution in [3.8, 4) is 5.75 Å². The van der Waals surface area contributed by atoms with Crippen LogP contribution in [0.25, 0.3) is 10.1 Å². The molecule has 0 saturated carbocycles. The first-order valence-electron chi connectivity index (χ1n) is 4.22. The standard InChI is InChI=1S/C10H8Cl2OS/c1-2-13-10-6-3-4-14-8(6)5-7(11)9(10)12/h3-5H,2H2,1H3. The number of fused-ring (bicyclic) bond motifs is 1. The highest BCUT2D eigenvalue weighted by atomic mass is 35.5. The maximum Gasteiger partial charge on any atom is 0.148 e. The molecule has 2 rings (SSSR count). The van der Waals surface area contributed by atoms with Crippen LogP contribution in [0.1, 0.15) is 6.92 Å². The van der Waals surface area contributed by atoms with Gasteiger partial charge < -0.3 is 4.74 Å². The smallest absolute Gasteiger partial charge is 0.148 e. The van der Waals surface area contributed by atoms with E-state index >= 15 is 0 Å². The number of halogens is 2. The molecule has 0 radical (unpaired) electrons. The molecule has 14 heavy (non-hydrogen) atoms. The van der Waals surface area contributed by atoms with Gasteiger partial charge >= 0.3 is 0 Å². The van der Waals surface area contributed by atoms with E-state index in [1.165, 1.54) is 0 Å². The van der Waals surface area contributed by atoms with Gasteiger partial charge in [0, 0.05) is 10.1 Å². The molecule has 0 bridgehead atoms. The minimum Gasteiger partial charge on any atom is -0.492 e. The minimum absolute atomic E-state index is 0.499. The lowest BCUT2D eigenvalue weighted by molar-refractivity contribution is 0.344. The van der Waals surface area contributed by atoms with Crippen LogP contribution in [-0.2, 0) is 0 Å². The van der Waals surface area contributed by atoms with Gasteiger partial charge in [0.05, 0.1) is 11.6 Å². The summed E-state index contributed by atoms with van der Waals surface area (Å²) in [5, 5.41) is 4.08. The van der Waals surface area contributed by atoms with Crippen molar-refractivity contribution in [3.05, 3.63) is 27.6 Å². The molecule has 1 aromatic carbocycles. The fourth-order valence-corrected chi connectivity index (χ4v) is 2.61. The fourth-order valence-electron chi connectivity index (χ4n) is 1.31. The molecule has 0 N–H and O–H groups in total. The number of ether oxygens (including phenoxy) is 1. The third-order valence-corrected chi connectivity index (χ3v) is 3.53. The molecule has 0 atom stereocenters. The van der Waals surface area contributed by atoms with Crippen LogP contribution in [0.3, 0.4) is 0 Å². The summed E-state index contributed by atoms with van der Waals surface area (Å²) in [6.45, 7) is 2.51. The van der Waals surface area contributed by atoms with Crippen LogP contribution in [-0.4, -0.2) is 6.61 Å². The molecule has 1 nitrogen and oxygen atoms in total. The van der Waals surface area contributed by atoms with Gasteiger partial charge in [0.1, 0.15) is 10.8 Å². The lowest BCUT2D eigenvalue weighted by Gasteiger charge is -2.08. The third kappa shape index (κ3) is 1.58. The fraction of sp³-hybridized carbons (Fsp3) is 0.200. The summed E-state index contributed by atoms with van der Waals surface area (Å²) in [4.78, 5) is 0. The zero-order valence-corrected chi connectivity index (χ0v) is 9.84. The van der Waals surface area contributed by atoms with Crippen molar-refractivity contribution in [2.24, 2.45) is 0 Å². The van der Waals surface area contributed by atoms with Crippen LogP contribution in [0.5, 0.6) is 5.75 Å². The zero-order valence-electron chi connectivity index (χ0n) is 7.51. The highest BCUT2D eigenvalue weighted by Gasteiger charge is 2.12. The maximum absolute atomic E-state index is 6.06.